The zero-order valence-corrected chi connectivity index (χ0v) is 16.9. The Hall–Kier alpha value is -3.95. The summed E-state index contributed by atoms with van der Waals surface area (Å²) in [7, 11) is 0. The number of nitrogens with one attached hydrogen (secondary N) is 2. The number of hydrogen-bond acceptors (Lipinski definition) is 5. The Bertz CT molecular complexity index is 1140. The number of hydrogen-bond donors (Lipinski definition) is 3. The van der Waals surface area contributed by atoms with Crippen molar-refractivity contribution in [2.75, 3.05) is 18.4 Å². The fourth-order valence-corrected chi connectivity index (χ4v) is 3.81. The number of benzene rings is 1. The first-order chi connectivity index (χ1) is 14.9. The molecule has 1 saturated heterocycles. The second kappa shape index (κ2) is 8.42. The molecular formula is C21H22N6O4. The van der Waals surface area contributed by atoms with Crippen LogP contribution in [0.3, 0.4) is 0 Å². The van der Waals surface area contributed by atoms with Crippen LogP contribution in [0.15, 0.2) is 42.5 Å². The Morgan fingerprint density at radius 3 is 2.61 bits per heavy atom. The minimum atomic E-state index is -1.24. The number of amides is 3. The van der Waals surface area contributed by atoms with Crippen molar-refractivity contribution in [3.63, 3.8) is 0 Å². The summed E-state index contributed by atoms with van der Waals surface area (Å²) in [5.74, 6) is -0.174. The van der Waals surface area contributed by atoms with Crippen molar-refractivity contribution >= 4 is 29.5 Å². The van der Waals surface area contributed by atoms with E-state index in [4.69, 9.17) is 5.11 Å². The highest BCUT2D eigenvalue weighted by Crippen LogP contribution is 2.22. The number of carbonyl (C=O) groups is 3. The van der Waals surface area contributed by atoms with E-state index < -0.39 is 6.09 Å². The van der Waals surface area contributed by atoms with Crippen LogP contribution in [0.1, 0.15) is 30.1 Å². The highest BCUT2D eigenvalue weighted by atomic mass is 16.4. The summed E-state index contributed by atoms with van der Waals surface area (Å²) < 4.78 is 1.55. The van der Waals surface area contributed by atoms with Crippen LogP contribution in [-0.2, 0) is 4.79 Å². The molecule has 3 N–H and O–H groups in total. The Kier molecular flexibility index (Phi) is 5.52. The molecule has 10 heteroatoms. The molecule has 1 unspecified atom stereocenters. The van der Waals surface area contributed by atoms with Gasteiger partial charge in [0.05, 0.1) is 5.69 Å². The molecule has 1 fully saturated rings. The SMILES string of the molecule is CC(=O)NC1CCCN(C(=O)c2ccc(-c3cccc4nc(NC(=O)O)nn34)cc2)C1. The maximum Gasteiger partial charge on any atom is 0.411 e. The highest BCUT2D eigenvalue weighted by molar-refractivity contribution is 5.95. The van der Waals surface area contributed by atoms with Gasteiger partial charge in [0.1, 0.15) is 0 Å². The average molecular weight is 422 g/mol. The van der Waals surface area contributed by atoms with E-state index in [1.807, 2.05) is 18.2 Å². The standard InChI is InChI=1S/C21H22N6O4/c1-13(28)22-16-4-3-11-26(12-16)19(29)15-9-7-14(8-10-15)17-5-2-6-18-23-20(24-21(30)31)25-27(17)18/h2,5-10,16H,3-4,11-12H2,1H3,(H,22,28)(H,24,25)(H,30,31). The number of rotatable bonds is 4. The van der Waals surface area contributed by atoms with Crippen molar-refractivity contribution in [3.05, 3.63) is 48.0 Å². The number of piperidine rings is 1. The molecule has 10 nitrogen and oxygen atoms in total. The molecule has 1 aliphatic heterocycles. The number of carboxylic acid groups (broad SMARTS) is 1. The fraction of sp³-hybridized carbons (Fsp3) is 0.286. The number of anilines is 1. The van der Waals surface area contributed by atoms with Crippen molar-refractivity contribution in [2.45, 2.75) is 25.8 Å². The van der Waals surface area contributed by atoms with Gasteiger partial charge in [-0.05, 0) is 37.1 Å². The molecule has 3 aromatic rings. The number of pyridine rings is 1. The maximum absolute atomic E-state index is 12.9. The van der Waals surface area contributed by atoms with E-state index in [1.54, 1.807) is 33.7 Å². The lowest BCUT2D eigenvalue weighted by Crippen LogP contribution is -2.49. The van der Waals surface area contributed by atoms with Crippen molar-refractivity contribution in [1.29, 1.82) is 0 Å². The van der Waals surface area contributed by atoms with Crippen LogP contribution in [0.4, 0.5) is 10.7 Å². The van der Waals surface area contributed by atoms with Crippen molar-refractivity contribution in [2.24, 2.45) is 0 Å². The molecule has 0 radical (unpaired) electrons. The van der Waals surface area contributed by atoms with Crippen LogP contribution in [-0.4, -0.2) is 61.6 Å². The molecule has 4 rings (SSSR count). The fourth-order valence-electron chi connectivity index (χ4n) is 3.81. The van der Waals surface area contributed by atoms with Gasteiger partial charge in [-0.15, -0.1) is 5.10 Å². The quantitative estimate of drug-likeness (QED) is 0.591. The number of carbonyl (C=O) groups excluding carboxylic acids is 2. The van der Waals surface area contributed by atoms with Gasteiger partial charge >= 0.3 is 6.09 Å². The third-order valence-corrected chi connectivity index (χ3v) is 5.12. The summed E-state index contributed by atoms with van der Waals surface area (Å²) in [5.41, 5.74) is 2.58. The van der Waals surface area contributed by atoms with E-state index in [0.29, 0.717) is 30.0 Å². The lowest BCUT2D eigenvalue weighted by molar-refractivity contribution is -0.120. The van der Waals surface area contributed by atoms with Crippen LogP contribution in [0.5, 0.6) is 0 Å². The molecule has 0 aliphatic carbocycles. The first-order valence-corrected chi connectivity index (χ1v) is 9.93. The lowest BCUT2D eigenvalue weighted by atomic mass is 10.0. The molecule has 3 amide bonds. The predicted molar refractivity (Wildman–Crippen MR) is 113 cm³/mol. The molecule has 0 saturated carbocycles. The molecule has 0 spiro atoms. The number of nitrogens with zero attached hydrogens (tertiary/aromatic N) is 4. The molecular weight excluding hydrogens is 400 g/mol. The second-order valence-corrected chi connectivity index (χ2v) is 7.41. The summed E-state index contributed by atoms with van der Waals surface area (Å²) in [6, 6.07) is 12.5. The molecule has 1 atom stereocenters. The van der Waals surface area contributed by atoms with Gasteiger partial charge in [-0.25, -0.2) is 9.31 Å². The maximum atomic E-state index is 12.9. The zero-order chi connectivity index (χ0) is 22.0. The van der Waals surface area contributed by atoms with Crippen molar-refractivity contribution in [1.82, 2.24) is 24.8 Å². The molecule has 31 heavy (non-hydrogen) atoms. The van der Waals surface area contributed by atoms with Crippen LogP contribution in [0, 0.1) is 0 Å². The molecule has 1 aliphatic rings. The molecule has 2 aromatic heterocycles. The van der Waals surface area contributed by atoms with Gasteiger partial charge in [-0.1, -0.05) is 18.2 Å². The molecule has 0 bridgehead atoms. The van der Waals surface area contributed by atoms with E-state index in [1.165, 1.54) is 6.92 Å². The largest absolute Gasteiger partial charge is 0.465 e. The second-order valence-electron chi connectivity index (χ2n) is 7.41. The van der Waals surface area contributed by atoms with E-state index >= 15 is 0 Å². The first kappa shape index (κ1) is 20.3. The highest BCUT2D eigenvalue weighted by Gasteiger charge is 2.25. The van der Waals surface area contributed by atoms with Gasteiger partial charge in [-0.2, -0.15) is 4.98 Å². The van der Waals surface area contributed by atoms with Gasteiger partial charge in [0.15, 0.2) is 5.65 Å². The zero-order valence-electron chi connectivity index (χ0n) is 16.9. The van der Waals surface area contributed by atoms with Gasteiger partial charge in [0.2, 0.25) is 5.91 Å². The summed E-state index contributed by atoms with van der Waals surface area (Å²) in [4.78, 5) is 41.0. The van der Waals surface area contributed by atoms with Gasteiger partial charge in [0.25, 0.3) is 11.9 Å². The summed E-state index contributed by atoms with van der Waals surface area (Å²) in [5, 5.41) is 18.1. The van der Waals surface area contributed by atoms with E-state index in [0.717, 1.165) is 18.4 Å². The summed E-state index contributed by atoms with van der Waals surface area (Å²) in [6.45, 7) is 2.64. The van der Waals surface area contributed by atoms with Gasteiger partial charge in [-0.3, -0.25) is 14.9 Å². The molecule has 1 aromatic carbocycles. The lowest BCUT2D eigenvalue weighted by Gasteiger charge is -2.33. The topological polar surface area (TPSA) is 129 Å². The Balaban J connectivity index is 1.54. The predicted octanol–water partition coefficient (Wildman–Crippen LogP) is 2.23. The minimum Gasteiger partial charge on any atom is -0.465 e. The third-order valence-electron chi connectivity index (χ3n) is 5.12. The number of likely N-dealkylation sites (tertiary alicyclic amines) is 1. The van der Waals surface area contributed by atoms with Gasteiger partial charge in [0, 0.05) is 37.2 Å². The van der Waals surface area contributed by atoms with Gasteiger partial charge < -0.3 is 15.3 Å². The van der Waals surface area contributed by atoms with E-state index in [-0.39, 0.29) is 23.8 Å². The first-order valence-electron chi connectivity index (χ1n) is 9.93. The summed E-state index contributed by atoms with van der Waals surface area (Å²) >= 11 is 0. The normalized spacial score (nSPS) is 16.2. The average Bonchev–Trinajstić information content (AvgIpc) is 3.15. The van der Waals surface area contributed by atoms with Crippen molar-refractivity contribution < 1.29 is 19.5 Å². The van der Waals surface area contributed by atoms with Crippen LogP contribution in [0.2, 0.25) is 0 Å². The Morgan fingerprint density at radius 2 is 1.90 bits per heavy atom. The van der Waals surface area contributed by atoms with Crippen LogP contribution < -0.4 is 10.6 Å². The Labute approximate surface area is 177 Å². The smallest absolute Gasteiger partial charge is 0.411 e. The Morgan fingerprint density at radius 1 is 1.13 bits per heavy atom. The van der Waals surface area contributed by atoms with E-state index in [9.17, 15) is 14.4 Å². The van der Waals surface area contributed by atoms with Crippen LogP contribution >= 0.6 is 0 Å². The van der Waals surface area contributed by atoms with Crippen molar-refractivity contribution in [3.8, 4) is 11.3 Å². The summed E-state index contributed by atoms with van der Waals surface area (Å²) in [6.07, 6.45) is 0.470. The molecule has 3 heterocycles. The third kappa shape index (κ3) is 4.47. The monoisotopic (exact) mass is 422 g/mol. The van der Waals surface area contributed by atoms with Crippen LogP contribution in [0.25, 0.3) is 16.9 Å². The minimum absolute atomic E-state index is 0.00873. The van der Waals surface area contributed by atoms with E-state index in [2.05, 4.69) is 20.7 Å². The number of fused-ring (bicyclic) bond motifs is 1. The molecule has 160 valence electrons. The number of aromatic nitrogens is 3.